The maximum absolute atomic E-state index is 12.2. The lowest BCUT2D eigenvalue weighted by molar-refractivity contribution is 0.0518. The summed E-state index contributed by atoms with van der Waals surface area (Å²) in [5, 5.41) is 0.232. The van der Waals surface area contributed by atoms with Gasteiger partial charge in [-0.05, 0) is 31.4 Å². The topological polar surface area (TPSA) is 73.1 Å². The number of fused-ring (bicyclic) bond motifs is 3. The van der Waals surface area contributed by atoms with Gasteiger partial charge in [0.2, 0.25) is 5.28 Å². The molecule has 0 spiro atoms. The molecule has 0 amide bonds. The highest BCUT2D eigenvalue weighted by Crippen LogP contribution is 2.34. The van der Waals surface area contributed by atoms with Crippen LogP contribution in [0.4, 0.5) is 5.82 Å². The molecule has 25 heavy (non-hydrogen) atoms. The van der Waals surface area contributed by atoms with Crippen LogP contribution in [-0.2, 0) is 11.2 Å². The van der Waals surface area contributed by atoms with Crippen molar-refractivity contribution in [1.82, 2.24) is 19.5 Å². The summed E-state index contributed by atoms with van der Waals surface area (Å²) in [5.41, 5.74) is 2.02. The third kappa shape index (κ3) is 2.86. The number of esters is 1. The van der Waals surface area contributed by atoms with E-state index in [9.17, 15) is 4.79 Å². The van der Waals surface area contributed by atoms with Gasteiger partial charge in [-0.25, -0.2) is 14.8 Å². The van der Waals surface area contributed by atoms with Crippen LogP contribution in [0.2, 0.25) is 5.28 Å². The summed E-state index contributed by atoms with van der Waals surface area (Å²) in [6, 6.07) is 0.452. The molecule has 8 heteroatoms. The summed E-state index contributed by atoms with van der Waals surface area (Å²) in [4.78, 5) is 27.5. The molecule has 0 atom stereocenters. The molecule has 0 aromatic carbocycles. The van der Waals surface area contributed by atoms with Crippen molar-refractivity contribution in [2.45, 2.75) is 45.1 Å². The molecule has 1 fully saturated rings. The zero-order chi connectivity index (χ0) is 17.4. The van der Waals surface area contributed by atoms with Gasteiger partial charge >= 0.3 is 5.97 Å². The average molecular weight is 362 g/mol. The van der Waals surface area contributed by atoms with Gasteiger partial charge in [0.15, 0.2) is 11.5 Å². The van der Waals surface area contributed by atoms with E-state index >= 15 is 0 Å². The Bertz CT molecular complexity index is 800. The van der Waals surface area contributed by atoms with E-state index in [4.69, 9.17) is 16.3 Å². The van der Waals surface area contributed by atoms with Crippen molar-refractivity contribution in [2.24, 2.45) is 0 Å². The standard InChI is InChI=1S/C17H20ClN5O2/c1-2-25-16(24)14-12-7-8-22(11-5-3-4-6-11)15-13(23(12)10-20-14)9-19-17(18)21-15/h9-11H,2-8H2,1H3. The zero-order valence-electron chi connectivity index (χ0n) is 14.1. The molecule has 1 aliphatic heterocycles. The lowest BCUT2D eigenvalue weighted by Gasteiger charge is -2.29. The van der Waals surface area contributed by atoms with E-state index in [-0.39, 0.29) is 11.3 Å². The van der Waals surface area contributed by atoms with Crippen LogP contribution in [0.3, 0.4) is 0 Å². The van der Waals surface area contributed by atoms with Gasteiger partial charge in [0, 0.05) is 19.0 Å². The number of hydrogen-bond acceptors (Lipinski definition) is 6. The van der Waals surface area contributed by atoms with E-state index in [0.29, 0.717) is 24.8 Å². The van der Waals surface area contributed by atoms with Crippen molar-refractivity contribution in [3.8, 4) is 5.69 Å². The Hall–Kier alpha value is -2.15. The van der Waals surface area contributed by atoms with E-state index in [1.807, 2.05) is 4.57 Å². The number of anilines is 1. The van der Waals surface area contributed by atoms with Gasteiger partial charge < -0.3 is 9.64 Å². The van der Waals surface area contributed by atoms with Gasteiger partial charge in [0.05, 0.1) is 18.5 Å². The van der Waals surface area contributed by atoms with Crippen LogP contribution in [0.15, 0.2) is 12.5 Å². The van der Waals surface area contributed by atoms with E-state index in [2.05, 4.69) is 19.9 Å². The van der Waals surface area contributed by atoms with Gasteiger partial charge in [-0.3, -0.25) is 4.57 Å². The predicted octanol–water partition coefficient (Wildman–Crippen LogP) is 2.80. The van der Waals surface area contributed by atoms with Crippen LogP contribution >= 0.6 is 11.6 Å². The number of carbonyl (C=O) groups excluding carboxylic acids is 1. The normalized spacial score (nSPS) is 17.1. The second-order valence-corrected chi connectivity index (χ2v) is 6.70. The minimum Gasteiger partial charge on any atom is -0.461 e. The SMILES string of the molecule is CCOC(=O)c1ncn2c1CCN(C1CCCC1)c1nc(Cl)ncc1-2. The van der Waals surface area contributed by atoms with Crippen molar-refractivity contribution in [1.29, 1.82) is 0 Å². The molecular weight excluding hydrogens is 342 g/mol. The summed E-state index contributed by atoms with van der Waals surface area (Å²) in [5.74, 6) is 0.431. The number of imidazole rings is 1. The molecule has 7 nitrogen and oxygen atoms in total. The van der Waals surface area contributed by atoms with E-state index < -0.39 is 0 Å². The minimum absolute atomic E-state index is 0.232. The summed E-state index contributed by atoms with van der Waals surface area (Å²) in [6.45, 7) is 2.89. The number of carbonyl (C=O) groups is 1. The molecular formula is C17H20ClN5O2. The third-order valence-corrected chi connectivity index (χ3v) is 5.12. The molecule has 4 rings (SSSR count). The Kier molecular flexibility index (Phi) is 4.33. The number of halogens is 1. The van der Waals surface area contributed by atoms with Gasteiger partial charge in [-0.15, -0.1) is 0 Å². The van der Waals surface area contributed by atoms with Crippen LogP contribution in [0, 0.1) is 0 Å². The fraction of sp³-hybridized carbons (Fsp3) is 0.529. The summed E-state index contributed by atoms with van der Waals surface area (Å²) in [7, 11) is 0. The highest BCUT2D eigenvalue weighted by atomic mass is 35.5. The Morgan fingerprint density at radius 3 is 2.92 bits per heavy atom. The second kappa shape index (κ2) is 6.63. The Balaban J connectivity index is 1.80. The number of hydrogen-bond donors (Lipinski definition) is 0. The molecule has 0 unspecified atom stereocenters. The van der Waals surface area contributed by atoms with Gasteiger partial charge in [0.25, 0.3) is 0 Å². The first-order chi connectivity index (χ1) is 12.2. The summed E-state index contributed by atoms with van der Waals surface area (Å²) < 4.78 is 7.04. The number of nitrogens with zero attached hydrogens (tertiary/aromatic N) is 5. The molecule has 1 saturated carbocycles. The van der Waals surface area contributed by atoms with Crippen molar-refractivity contribution in [3.63, 3.8) is 0 Å². The second-order valence-electron chi connectivity index (χ2n) is 6.36. The Labute approximate surface area is 151 Å². The Morgan fingerprint density at radius 2 is 2.16 bits per heavy atom. The molecule has 0 radical (unpaired) electrons. The molecule has 2 aromatic heterocycles. The molecule has 1 aliphatic carbocycles. The molecule has 0 saturated heterocycles. The van der Waals surface area contributed by atoms with Crippen LogP contribution in [0.5, 0.6) is 0 Å². The fourth-order valence-electron chi connectivity index (χ4n) is 3.82. The number of rotatable bonds is 3. The minimum atomic E-state index is -0.387. The molecule has 132 valence electrons. The van der Waals surface area contributed by atoms with Crippen LogP contribution in [-0.4, -0.2) is 44.7 Å². The smallest absolute Gasteiger partial charge is 0.358 e. The average Bonchev–Trinajstić information content (AvgIpc) is 3.23. The van der Waals surface area contributed by atoms with Gasteiger partial charge in [-0.1, -0.05) is 12.8 Å². The quantitative estimate of drug-likeness (QED) is 0.618. The molecule has 0 bridgehead atoms. The summed E-state index contributed by atoms with van der Waals surface area (Å²) in [6.07, 6.45) is 8.82. The summed E-state index contributed by atoms with van der Waals surface area (Å²) >= 11 is 6.08. The first kappa shape index (κ1) is 16.3. The lowest BCUT2D eigenvalue weighted by atomic mass is 10.2. The van der Waals surface area contributed by atoms with E-state index in [0.717, 1.165) is 36.6 Å². The first-order valence-corrected chi connectivity index (χ1v) is 9.09. The van der Waals surface area contributed by atoms with Crippen molar-refractivity contribution in [3.05, 3.63) is 29.2 Å². The largest absolute Gasteiger partial charge is 0.461 e. The van der Waals surface area contributed by atoms with Crippen LogP contribution in [0.1, 0.15) is 48.8 Å². The first-order valence-electron chi connectivity index (χ1n) is 8.72. The number of ether oxygens (including phenoxy) is 1. The molecule has 2 aliphatic rings. The van der Waals surface area contributed by atoms with Crippen LogP contribution < -0.4 is 4.90 Å². The van der Waals surface area contributed by atoms with Gasteiger partial charge in [-0.2, -0.15) is 4.98 Å². The van der Waals surface area contributed by atoms with Crippen molar-refractivity contribution in [2.75, 3.05) is 18.1 Å². The maximum atomic E-state index is 12.2. The van der Waals surface area contributed by atoms with E-state index in [1.165, 1.54) is 12.8 Å². The highest BCUT2D eigenvalue weighted by Gasteiger charge is 2.31. The van der Waals surface area contributed by atoms with Crippen molar-refractivity contribution >= 4 is 23.4 Å². The molecule has 2 aromatic rings. The third-order valence-electron chi connectivity index (χ3n) is 4.94. The maximum Gasteiger partial charge on any atom is 0.358 e. The molecule has 0 N–H and O–H groups in total. The predicted molar refractivity (Wildman–Crippen MR) is 93.4 cm³/mol. The van der Waals surface area contributed by atoms with Gasteiger partial charge in [0.1, 0.15) is 12.0 Å². The monoisotopic (exact) mass is 361 g/mol. The zero-order valence-corrected chi connectivity index (χ0v) is 14.9. The fourth-order valence-corrected chi connectivity index (χ4v) is 3.95. The lowest BCUT2D eigenvalue weighted by Crippen LogP contribution is -2.35. The highest BCUT2D eigenvalue weighted by molar-refractivity contribution is 6.28. The Morgan fingerprint density at radius 1 is 1.36 bits per heavy atom. The van der Waals surface area contributed by atoms with E-state index in [1.54, 1.807) is 19.4 Å². The molecule has 3 heterocycles. The van der Waals surface area contributed by atoms with Crippen molar-refractivity contribution < 1.29 is 9.53 Å². The van der Waals surface area contributed by atoms with Crippen LogP contribution in [0.25, 0.3) is 5.69 Å². The number of aromatic nitrogens is 4.